The summed E-state index contributed by atoms with van der Waals surface area (Å²) in [6.07, 6.45) is 1.64. The Hall–Kier alpha value is -0.650. The SMILES string of the molecule is CC1C(N)CCC(C(=O)N(CCO)CCO)C1(C)C. The number of carbonyl (C=O) groups is 1. The van der Waals surface area contributed by atoms with Crippen molar-refractivity contribution in [3.63, 3.8) is 0 Å². The summed E-state index contributed by atoms with van der Waals surface area (Å²) in [5, 5.41) is 18.1. The number of hydrogen-bond donors (Lipinski definition) is 3. The van der Waals surface area contributed by atoms with Crippen LogP contribution in [0.1, 0.15) is 33.6 Å². The third-order valence-electron chi connectivity index (χ3n) is 4.85. The first-order valence-corrected chi connectivity index (χ1v) is 7.12. The summed E-state index contributed by atoms with van der Waals surface area (Å²) in [6.45, 7) is 6.71. The molecule has 0 aromatic carbocycles. The van der Waals surface area contributed by atoms with Crippen molar-refractivity contribution in [1.29, 1.82) is 0 Å². The molecule has 0 aromatic heterocycles. The molecular weight excluding hydrogens is 244 g/mol. The molecule has 4 N–H and O–H groups in total. The van der Waals surface area contributed by atoms with Crippen molar-refractivity contribution < 1.29 is 15.0 Å². The maximum Gasteiger partial charge on any atom is 0.226 e. The Labute approximate surface area is 115 Å². The lowest BCUT2D eigenvalue weighted by Crippen LogP contribution is -2.53. The van der Waals surface area contributed by atoms with E-state index in [1.165, 1.54) is 0 Å². The van der Waals surface area contributed by atoms with E-state index in [1.54, 1.807) is 4.90 Å². The zero-order chi connectivity index (χ0) is 14.6. The molecule has 1 aliphatic rings. The van der Waals surface area contributed by atoms with Gasteiger partial charge in [0.15, 0.2) is 0 Å². The van der Waals surface area contributed by atoms with E-state index in [0.717, 1.165) is 12.8 Å². The molecule has 0 heterocycles. The Kier molecular flexibility index (Phi) is 5.77. The Morgan fingerprint density at radius 1 is 1.26 bits per heavy atom. The molecule has 0 aliphatic heterocycles. The first-order valence-electron chi connectivity index (χ1n) is 7.12. The minimum atomic E-state index is -0.155. The van der Waals surface area contributed by atoms with Gasteiger partial charge in [0.25, 0.3) is 0 Å². The summed E-state index contributed by atoms with van der Waals surface area (Å²) in [7, 11) is 0. The Bertz CT molecular complexity index is 301. The molecule has 3 atom stereocenters. The molecule has 19 heavy (non-hydrogen) atoms. The highest BCUT2D eigenvalue weighted by Gasteiger charge is 2.46. The van der Waals surface area contributed by atoms with Crippen LogP contribution in [-0.4, -0.2) is 53.4 Å². The molecule has 1 amide bonds. The van der Waals surface area contributed by atoms with E-state index < -0.39 is 0 Å². The fourth-order valence-corrected chi connectivity index (χ4v) is 3.09. The Balaban J connectivity index is 2.84. The van der Waals surface area contributed by atoms with Crippen molar-refractivity contribution in [2.24, 2.45) is 23.0 Å². The summed E-state index contributed by atoms with van der Waals surface area (Å²) >= 11 is 0. The van der Waals surface area contributed by atoms with E-state index in [-0.39, 0.29) is 55.5 Å². The minimum Gasteiger partial charge on any atom is -0.395 e. The van der Waals surface area contributed by atoms with Gasteiger partial charge in [0.2, 0.25) is 5.91 Å². The van der Waals surface area contributed by atoms with Crippen LogP contribution in [0.3, 0.4) is 0 Å². The van der Waals surface area contributed by atoms with E-state index in [1.807, 2.05) is 0 Å². The van der Waals surface area contributed by atoms with Crippen molar-refractivity contribution in [2.45, 2.75) is 39.7 Å². The van der Waals surface area contributed by atoms with Crippen LogP contribution in [-0.2, 0) is 4.79 Å². The van der Waals surface area contributed by atoms with Crippen LogP contribution < -0.4 is 5.73 Å². The standard InChI is InChI=1S/C14H28N2O3/c1-10-12(15)5-4-11(14(10,2)3)13(19)16(6-8-17)7-9-18/h10-12,17-18H,4-9,15H2,1-3H3. The number of nitrogens with two attached hydrogens (primary N) is 1. The second-order valence-corrected chi connectivity index (χ2v) is 6.18. The first kappa shape index (κ1) is 16.4. The first-order chi connectivity index (χ1) is 8.86. The van der Waals surface area contributed by atoms with E-state index in [2.05, 4.69) is 20.8 Å². The minimum absolute atomic E-state index is 0.0341. The zero-order valence-electron chi connectivity index (χ0n) is 12.3. The van der Waals surface area contributed by atoms with Crippen molar-refractivity contribution in [3.8, 4) is 0 Å². The molecule has 1 aliphatic carbocycles. The maximum absolute atomic E-state index is 12.6. The third kappa shape index (κ3) is 3.46. The summed E-state index contributed by atoms with van der Waals surface area (Å²) in [6, 6.07) is 0.142. The van der Waals surface area contributed by atoms with Crippen LogP contribution in [0, 0.1) is 17.3 Å². The molecule has 1 rings (SSSR count). The van der Waals surface area contributed by atoms with E-state index >= 15 is 0 Å². The highest BCUT2D eigenvalue weighted by atomic mass is 16.3. The Morgan fingerprint density at radius 2 is 1.79 bits per heavy atom. The predicted octanol–water partition coefficient (Wildman–Crippen LogP) is 0.199. The van der Waals surface area contributed by atoms with Crippen molar-refractivity contribution in [3.05, 3.63) is 0 Å². The highest BCUT2D eigenvalue weighted by Crippen LogP contribution is 2.45. The van der Waals surface area contributed by atoms with Gasteiger partial charge in [-0.2, -0.15) is 0 Å². The van der Waals surface area contributed by atoms with Gasteiger partial charge >= 0.3 is 0 Å². The van der Waals surface area contributed by atoms with Gasteiger partial charge < -0.3 is 20.8 Å². The van der Waals surface area contributed by atoms with Crippen LogP contribution in [0.4, 0.5) is 0 Å². The van der Waals surface area contributed by atoms with Crippen LogP contribution in [0.2, 0.25) is 0 Å². The summed E-state index contributed by atoms with van der Waals surface area (Å²) in [5.41, 5.74) is 5.95. The van der Waals surface area contributed by atoms with Crippen molar-refractivity contribution in [2.75, 3.05) is 26.3 Å². The monoisotopic (exact) mass is 272 g/mol. The van der Waals surface area contributed by atoms with Crippen LogP contribution in [0.15, 0.2) is 0 Å². The summed E-state index contributed by atoms with van der Waals surface area (Å²) in [4.78, 5) is 14.2. The normalized spacial score (nSPS) is 30.1. The summed E-state index contributed by atoms with van der Waals surface area (Å²) in [5.74, 6) is 0.229. The lowest BCUT2D eigenvalue weighted by Gasteiger charge is -2.47. The number of carbonyl (C=O) groups excluding carboxylic acids is 1. The van der Waals surface area contributed by atoms with Gasteiger partial charge in [-0.25, -0.2) is 0 Å². The van der Waals surface area contributed by atoms with Gasteiger partial charge in [0.05, 0.1) is 13.2 Å². The molecule has 1 fully saturated rings. The second-order valence-electron chi connectivity index (χ2n) is 6.18. The van der Waals surface area contributed by atoms with Gasteiger partial charge in [-0.15, -0.1) is 0 Å². The van der Waals surface area contributed by atoms with Gasteiger partial charge in [-0.1, -0.05) is 20.8 Å². The molecular formula is C14H28N2O3. The molecule has 5 nitrogen and oxygen atoms in total. The average molecular weight is 272 g/mol. The quantitative estimate of drug-likeness (QED) is 0.667. The largest absolute Gasteiger partial charge is 0.395 e. The highest BCUT2D eigenvalue weighted by molar-refractivity contribution is 5.80. The molecule has 0 bridgehead atoms. The van der Waals surface area contributed by atoms with E-state index in [0.29, 0.717) is 0 Å². The van der Waals surface area contributed by atoms with Gasteiger partial charge in [-0.05, 0) is 24.2 Å². The molecule has 0 aromatic rings. The summed E-state index contributed by atoms with van der Waals surface area (Å²) < 4.78 is 0. The van der Waals surface area contributed by atoms with Crippen LogP contribution in [0.25, 0.3) is 0 Å². The topological polar surface area (TPSA) is 86.8 Å². The number of amides is 1. The van der Waals surface area contributed by atoms with Crippen LogP contribution >= 0.6 is 0 Å². The predicted molar refractivity (Wildman–Crippen MR) is 74.4 cm³/mol. The van der Waals surface area contributed by atoms with Crippen molar-refractivity contribution >= 4 is 5.91 Å². The zero-order valence-corrected chi connectivity index (χ0v) is 12.3. The molecule has 0 spiro atoms. The molecule has 0 radical (unpaired) electrons. The fourth-order valence-electron chi connectivity index (χ4n) is 3.09. The molecule has 112 valence electrons. The van der Waals surface area contributed by atoms with Crippen LogP contribution in [0.5, 0.6) is 0 Å². The Morgan fingerprint density at radius 3 is 2.26 bits per heavy atom. The fraction of sp³-hybridized carbons (Fsp3) is 0.929. The molecule has 1 saturated carbocycles. The van der Waals surface area contributed by atoms with Gasteiger partial charge in [0.1, 0.15) is 0 Å². The smallest absolute Gasteiger partial charge is 0.226 e. The second kappa shape index (κ2) is 6.68. The molecule has 5 heteroatoms. The third-order valence-corrected chi connectivity index (χ3v) is 4.85. The van der Waals surface area contributed by atoms with E-state index in [9.17, 15) is 4.79 Å². The number of aliphatic hydroxyl groups is 2. The van der Waals surface area contributed by atoms with Crippen molar-refractivity contribution in [1.82, 2.24) is 4.90 Å². The number of hydrogen-bond acceptors (Lipinski definition) is 4. The maximum atomic E-state index is 12.6. The van der Waals surface area contributed by atoms with E-state index in [4.69, 9.17) is 15.9 Å². The molecule has 0 saturated heterocycles. The number of nitrogens with zero attached hydrogens (tertiary/aromatic N) is 1. The number of aliphatic hydroxyl groups excluding tert-OH is 2. The average Bonchev–Trinajstić information content (AvgIpc) is 2.35. The van der Waals surface area contributed by atoms with Gasteiger partial charge in [0, 0.05) is 25.0 Å². The number of rotatable bonds is 5. The van der Waals surface area contributed by atoms with Gasteiger partial charge in [-0.3, -0.25) is 4.79 Å². The lowest BCUT2D eigenvalue weighted by atomic mass is 9.60. The molecule has 3 unspecified atom stereocenters. The lowest BCUT2D eigenvalue weighted by molar-refractivity contribution is -0.144.